The number of likely N-dealkylation sites (tertiary alicyclic amines) is 1. The van der Waals surface area contributed by atoms with Crippen molar-refractivity contribution < 1.29 is 17.6 Å². The molecule has 1 aromatic rings. The molecule has 2 saturated heterocycles. The summed E-state index contributed by atoms with van der Waals surface area (Å²) in [4.78, 5) is 14.5. The van der Waals surface area contributed by atoms with E-state index in [2.05, 4.69) is 0 Å². The number of furan rings is 1. The van der Waals surface area contributed by atoms with Crippen molar-refractivity contribution in [2.75, 3.05) is 19.3 Å². The predicted molar refractivity (Wildman–Crippen MR) is 77.6 cm³/mol. The second kappa shape index (κ2) is 4.84. The molecular weight excluding hydrogens is 292 g/mol. The van der Waals surface area contributed by atoms with Crippen LogP contribution in [0.4, 0.5) is 0 Å². The first kappa shape index (κ1) is 14.6. The van der Waals surface area contributed by atoms with Crippen molar-refractivity contribution in [3.05, 3.63) is 23.2 Å². The van der Waals surface area contributed by atoms with Crippen LogP contribution in [-0.4, -0.2) is 55.0 Å². The monoisotopic (exact) mass is 312 g/mol. The quantitative estimate of drug-likeness (QED) is 0.821. The first-order valence-electron chi connectivity index (χ1n) is 7.14. The average molecular weight is 312 g/mol. The highest BCUT2D eigenvalue weighted by atomic mass is 32.2. The van der Waals surface area contributed by atoms with E-state index in [1.165, 1.54) is 6.26 Å². The fraction of sp³-hybridized carbons (Fsp3) is 0.643. The molecule has 6 nitrogen and oxygen atoms in total. The molecule has 0 saturated carbocycles. The molecule has 3 heterocycles. The fourth-order valence-corrected chi connectivity index (χ4v) is 4.78. The lowest BCUT2D eigenvalue weighted by Gasteiger charge is -2.24. The molecule has 21 heavy (non-hydrogen) atoms. The molecule has 1 amide bonds. The van der Waals surface area contributed by atoms with Crippen LogP contribution in [0, 0.1) is 13.8 Å². The molecule has 3 rings (SSSR count). The third-order valence-electron chi connectivity index (χ3n) is 4.48. The maximum atomic E-state index is 12.7. The maximum absolute atomic E-state index is 12.7. The Morgan fingerprint density at radius 1 is 1.24 bits per heavy atom. The molecule has 0 spiro atoms. The van der Waals surface area contributed by atoms with E-state index in [9.17, 15) is 13.2 Å². The first-order chi connectivity index (χ1) is 9.79. The van der Waals surface area contributed by atoms with E-state index in [1.54, 1.807) is 17.3 Å². The topological polar surface area (TPSA) is 70.8 Å². The van der Waals surface area contributed by atoms with Crippen molar-refractivity contribution in [2.45, 2.75) is 38.8 Å². The standard InChI is InChI=1S/C14H20N2O4S/c1-9-8-11(10(2)20-9)14(17)15-6-4-13-12(15)5-7-16(13)21(3,18)19/h8,12-13H,4-7H2,1-3H3/t12-,13+/m0/s1. The maximum Gasteiger partial charge on any atom is 0.257 e. The van der Waals surface area contributed by atoms with Gasteiger partial charge >= 0.3 is 0 Å². The molecule has 2 aliphatic heterocycles. The lowest BCUT2D eigenvalue weighted by molar-refractivity contribution is 0.0733. The lowest BCUT2D eigenvalue weighted by Crippen LogP contribution is -2.41. The molecule has 2 atom stereocenters. The van der Waals surface area contributed by atoms with Crippen LogP contribution in [0.3, 0.4) is 0 Å². The summed E-state index contributed by atoms with van der Waals surface area (Å²) in [6.45, 7) is 4.70. The number of rotatable bonds is 2. The van der Waals surface area contributed by atoms with E-state index in [1.807, 2.05) is 11.8 Å². The van der Waals surface area contributed by atoms with Gasteiger partial charge in [-0.2, -0.15) is 4.31 Å². The minimum Gasteiger partial charge on any atom is -0.466 e. The molecule has 116 valence electrons. The zero-order valence-corrected chi connectivity index (χ0v) is 13.3. The van der Waals surface area contributed by atoms with E-state index < -0.39 is 10.0 Å². The van der Waals surface area contributed by atoms with Gasteiger partial charge in [-0.15, -0.1) is 0 Å². The zero-order valence-electron chi connectivity index (χ0n) is 12.5. The molecule has 1 aromatic heterocycles. The van der Waals surface area contributed by atoms with Crippen molar-refractivity contribution >= 4 is 15.9 Å². The van der Waals surface area contributed by atoms with Gasteiger partial charge in [-0.1, -0.05) is 0 Å². The highest BCUT2D eigenvalue weighted by molar-refractivity contribution is 7.88. The summed E-state index contributed by atoms with van der Waals surface area (Å²) in [7, 11) is -3.20. The first-order valence-corrected chi connectivity index (χ1v) is 8.98. The number of nitrogens with zero attached hydrogens (tertiary/aromatic N) is 2. The minimum atomic E-state index is -3.20. The van der Waals surface area contributed by atoms with Crippen LogP contribution in [0.2, 0.25) is 0 Å². The molecule has 2 fully saturated rings. The van der Waals surface area contributed by atoms with Gasteiger partial charge in [0.05, 0.1) is 11.8 Å². The number of carbonyl (C=O) groups is 1. The number of sulfonamides is 1. The van der Waals surface area contributed by atoms with Gasteiger partial charge in [0.15, 0.2) is 0 Å². The fourth-order valence-electron chi connectivity index (χ4n) is 3.61. The molecule has 0 aliphatic carbocycles. The highest BCUT2D eigenvalue weighted by Gasteiger charge is 2.47. The van der Waals surface area contributed by atoms with E-state index in [0.717, 1.165) is 5.76 Å². The summed E-state index contributed by atoms with van der Waals surface area (Å²) >= 11 is 0. The Hall–Kier alpha value is -1.34. The van der Waals surface area contributed by atoms with Crippen molar-refractivity contribution in [1.29, 1.82) is 0 Å². The second-order valence-corrected chi connectivity index (χ2v) is 7.85. The van der Waals surface area contributed by atoms with Gasteiger partial charge in [0.25, 0.3) is 5.91 Å². The van der Waals surface area contributed by atoms with Gasteiger partial charge in [-0.05, 0) is 32.8 Å². The summed E-state index contributed by atoms with van der Waals surface area (Å²) in [5.74, 6) is 1.29. The Balaban J connectivity index is 1.84. The normalized spacial score (nSPS) is 26.3. The summed E-state index contributed by atoms with van der Waals surface area (Å²) in [5, 5.41) is 0. The molecule has 7 heteroatoms. The largest absolute Gasteiger partial charge is 0.466 e. The molecule has 0 bridgehead atoms. The summed E-state index contributed by atoms with van der Waals surface area (Å²) in [6.07, 6.45) is 2.65. The predicted octanol–water partition coefficient (Wildman–Crippen LogP) is 1.14. The third-order valence-corrected chi connectivity index (χ3v) is 5.79. The van der Waals surface area contributed by atoms with E-state index in [4.69, 9.17) is 4.42 Å². The number of hydrogen-bond acceptors (Lipinski definition) is 4. The summed E-state index contributed by atoms with van der Waals surface area (Å²) in [6, 6.07) is 1.67. The Kier molecular flexibility index (Phi) is 3.37. The summed E-state index contributed by atoms with van der Waals surface area (Å²) in [5.41, 5.74) is 0.589. The Labute approximate surface area is 124 Å². The van der Waals surface area contributed by atoms with Crippen LogP contribution in [0.1, 0.15) is 34.7 Å². The van der Waals surface area contributed by atoms with Crippen LogP contribution in [0.15, 0.2) is 10.5 Å². The third kappa shape index (κ3) is 2.38. The zero-order chi connectivity index (χ0) is 15.4. The van der Waals surface area contributed by atoms with Gasteiger partial charge in [-0.25, -0.2) is 8.42 Å². The smallest absolute Gasteiger partial charge is 0.257 e. The van der Waals surface area contributed by atoms with Crippen LogP contribution >= 0.6 is 0 Å². The van der Waals surface area contributed by atoms with Gasteiger partial charge in [-0.3, -0.25) is 4.79 Å². The molecule has 0 radical (unpaired) electrons. The molecule has 0 unspecified atom stereocenters. The average Bonchev–Trinajstić information content (AvgIpc) is 3.00. The van der Waals surface area contributed by atoms with E-state index >= 15 is 0 Å². The van der Waals surface area contributed by atoms with Crippen molar-refractivity contribution in [1.82, 2.24) is 9.21 Å². The van der Waals surface area contributed by atoms with Gasteiger partial charge in [0.2, 0.25) is 10.0 Å². The second-order valence-electron chi connectivity index (χ2n) is 5.91. The number of carbonyl (C=O) groups excluding carboxylic acids is 1. The number of amides is 1. The van der Waals surface area contributed by atoms with Crippen molar-refractivity contribution in [3.8, 4) is 0 Å². The van der Waals surface area contributed by atoms with Crippen LogP contribution < -0.4 is 0 Å². The minimum absolute atomic E-state index is 0.0122. The van der Waals surface area contributed by atoms with Gasteiger partial charge < -0.3 is 9.32 Å². The Morgan fingerprint density at radius 2 is 1.90 bits per heavy atom. The Morgan fingerprint density at radius 3 is 2.48 bits per heavy atom. The molecular formula is C14H20N2O4S. The summed E-state index contributed by atoms with van der Waals surface area (Å²) < 4.78 is 30.5. The lowest BCUT2D eigenvalue weighted by atomic mass is 10.1. The van der Waals surface area contributed by atoms with E-state index in [-0.39, 0.29) is 18.0 Å². The molecule has 0 aromatic carbocycles. The van der Waals surface area contributed by atoms with Crippen LogP contribution in [0.25, 0.3) is 0 Å². The Bertz CT molecular complexity index is 679. The van der Waals surface area contributed by atoms with Crippen molar-refractivity contribution in [2.24, 2.45) is 0 Å². The SMILES string of the molecule is Cc1cc(C(=O)N2CC[C@@H]3[C@@H]2CCN3S(C)(=O)=O)c(C)o1. The molecule has 0 N–H and O–H groups in total. The number of hydrogen-bond donors (Lipinski definition) is 0. The number of aryl methyl sites for hydroxylation is 2. The molecule has 2 aliphatic rings. The van der Waals surface area contributed by atoms with E-state index in [0.29, 0.717) is 37.3 Å². The van der Waals surface area contributed by atoms with Crippen LogP contribution in [0.5, 0.6) is 0 Å². The number of fused-ring (bicyclic) bond motifs is 1. The van der Waals surface area contributed by atoms with Crippen LogP contribution in [-0.2, 0) is 10.0 Å². The van der Waals surface area contributed by atoms with Gasteiger partial charge in [0, 0.05) is 25.2 Å². The van der Waals surface area contributed by atoms with Crippen molar-refractivity contribution in [3.63, 3.8) is 0 Å². The van der Waals surface area contributed by atoms with Gasteiger partial charge in [0.1, 0.15) is 11.5 Å². The highest BCUT2D eigenvalue weighted by Crippen LogP contribution is 2.34.